The lowest BCUT2D eigenvalue weighted by molar-refractivity contribution is 0.0960. The van der Waals surface area contributed by atoms with Crippen LogP contribution in [0.25, 0.3) is 0 Å². The van der Waals surface area contributed by atoms with Gasteiger partial charge in [-0.05, 0) is 7.05 Å². The summed E-state index contributed by atoms with van der Waals surface area (Å²) in [5.41, 5.74) is 0. The molecule has 0 aliphatic carbocycles. The fraction of sp³-hybridized carbons (Fsp3) is 1.00. The van der Waals surface area contributed by atoms with Crippen LogP contribution in [0.2, 0.25) is 0 Å². The molecule has 1 atom stereocenters. The first-order chi connectivity index (χ1) is 5.56. The summed E-state index contributed by atoms with van der Waals surface area (Å²) in [6.45, 7) is 0.914. The fourth-order valence-corrected chi connectivity index (χ4v) is 1.64. The van der Waals surface area contributed by atoms with Gasteiger partial charge in [-0.15, -0.1) is 0 Å². The smallest absolute Gasteiger partial charge is 0.251 e. The van der Waals surface area contributed by atoms with Crippen LogP contribution in [-0.2, 0) is 4.74 Å². The summed E-state index contributed by atoms with van der Waals surface area (Å²) < 4.78 is 28.5. The van der Waals surface area contributed by atoms with E-state index in [4.69, 9.17) is 4.74 Å². The van der Waals surface area contributed by atoms with E-state index < -0.39 is 6.43 Å². The monoisotopic (exact) mass is 245 g/mol. The molecule has 0 rings (SSSR count). The Morgan fingerprint density at radius 2 is 2.00 bits per heavy atom. The molecule has 0 radical (unpaired) electrons. The Balaban J connectivity index is 3.46. The highest BCUT2D eigenvalue weighted by Gasteiger charge is 2.11. The van der Waals surface area contributed by atoms with Gasteiger partial charge in [0.1, 0.15) is 0 Å². The van der Waals surface area contributed by atoms with Crippen molar-refractivity contribution in [2.45, 2.75) is 11.3 Å². The van der Waals surface area contributed by atoms with Crippen LogP contribution in [0.5, 0.6) is 0 Å². The van der Waals surface area contributed by atoms with E-state index >= 15 is 0 Å². The highest BCUT2D eigenvalue weighted by molar-refractivity contribution is 9.09. The highest BCUT2D eigenvalue weighted by Crippen LogP contribution is 2.03. The van der Waals surface area contributed by atoms with Crippen LogP contribution in [0, 0.1) is 0 Å². The van der Waals surface area contributed by atoms with Crippen LogP contribution < -0.4 is 0 Å². The zero-order valence-electron chi connectivity index (χ0n) is 7.27. The highest BCUT2D eigenvalue weighted by atomic mass is 79.9. The van der Waals surface area contributed by atoms with Crippen molar-refractivity contribution in [3.63, 3.8) is 0 Å². The van der Waals surface area contributed by atoms with Gasteiger partial charge in [-0.2, -0.15) is 0 Å². The lowest BCUT2D eigenvalue weighted by Crippen LogP contribution is -2.32. The quantitative estimate of drug-likeness (QED) is 0.660. The summed E-state index contributed by atoms with van der Waals surface area (Å²) in [7, 11) is 3.25. The van der Waals surface area contributed by atoms with E-state index in [0.717, 1.165) is 0 Å². The summed E-state index contributed by atoms with van der Waals surface area (Å²) in [6, 6.07) is 0. The van der Waals surface area contributed by atoms with E-state index in [9.17, 15) is 8.78 Å². The van der Waals surface area contributed by atoms with Crippen molar-refractivity contribution in [2.24, 2.45) is 0 Å². The molecule has 0 amide bonds. The average molecular weight is 246 g/mol. The van der Waals surface area contributed by atoms with Crippen LogP contribution in [-0.4, -0.2) is 50.0 Å². The zero-order chi connectivity index (χ0) is 9.56. The molecule has 1 unspecified atom stereocenters. The number of methoxy groups -OCH3 is 1. The molecule has 0 heterocycles. The fourth-order valence-electron chi connectivity index (χ4n) is 0.882. The van der Waals surface area contributed by atoms with Crippen LogP contribution >= 0.6 is 15.9 Å². The third kappa shape index (κ3) is 6.94. The first kappa shape index (κ1) is 12.3. The normalized spacial score (nSPS) is 14.2. The number of hydrogen-bond donors (Lipinski definition) is 0. The first-order valence-electron chi connectivity index (χ1n) is 3.66. The van der Waals surface area contributed by atoms with Gasteiger partial charge in [0.2, 0.25) is 0 Å². The van der Waals surface area contributed by atoms with Gasteiger partial charge < -0.3 is 4.74 Å². The molecule has 0 saturated heterocycles. The lowest BCUT2D eigenvalue weighted by Gasteiger charge is -2.18. The molecular formula is C7H14BrF2NO. The number of nitrogens with zero attached hydrogens (tertiary/aromatic N) is 1. The third-order valence-corrected chi connectivity index (χ3v) is 1.86. The first-order valence-corrected chi connectivity index (χ1v) is 4.57. The Morgan fingerprint density at radius 1 is 1.42 bits per heavy atom. The predicted molar refractivity (Wildman–Crippen MR) is 48.1 cm³/mol. The molecule has 0 bridgehead atoms. The lowest BCUT2D eigenvalue weighted by atomic mass is 10.4. The molecule has 0 fully saturated rings. The second kappa shape index (κ2) is 6.74. The maximum atomic E-state index is 11.8. The Morgan fingerprint density at radius 3 is 2.42 bits per heavy atom. The van der Waals surface area contributed by atoms with E-state index in [-0.39, 0.29) is 11.4 Å². The van der Waals surface area contributed by atoms with Gasteiger partial charge >= 0.3 is 0 Å². The van der Waals surface area contributed by atoms with Crippen LogP contribution in [0.3, 0.4) is 0 Å². The zero-order valence-corrected chi connectivity index (χ0v) is 8.85. The third-order valence-electron chi connectivity index (χ3n) is 1.31. The topological polar surface area (TPSA) is 12.5 Å². The number of rotatable bonds is 6. The summed E-state index contributed by atoms with van der Waals surface area (Å²) in [6.07, 6.45) is -2.27. The average Bonchev–Trinajstić information content (AvgIpc) is 1.84. The van der Waals surface area contributed by atoms with Crippen LogP contribution in [0.1, 0.15) is 0 Å². The Bertz CT molecular complexity index is 116. The molecule has 0 saturated carbocycles. The molecule has 0 aromatic rings. The predicted octanol–water partition coefficient (Wildman–Crippen LogP) is 1.59. The molecule has 0 spiro atoms. The number of alkyl halides is 3. The van der Waals surface area contributed by atoms with Crippen molar-refractivity contribution in [3.05, 3.63) is 0 Å². The van der Waals surface area contributed by atoms with Gasteiger partial charge in [-0.1, -0.05) is 15.9 Å². The van der Waals surface area contributed by atoms with Gasteiger partial charge in [-0.25, -0.2) is 8.78 Å². The van der Waals surface area contributed by atoms with E-state index in [0.29, 0.717) is 13.2 Å². The number of halogens is 3. The Labute approximate surface area is 80.0 Å². The molecule has 12 heavy (non-hydrogen) atoms. The maximum Gasteiger partial charge on any atom is 0.251 e. The van der Waals surface area contributed by atoms with Crippen molar-refractivity contribution in [1.29, 1.82) is 0 Å². The molecule has 0 aliphatic heterocycles. The molecule has 0 aliphatic rings. The molecule has 0 aromatic heterocycles. The van der Waals surface area contributed by atoms with E-state index in [1.807, 2.05) is 0 Å². The molecule has 74 valence electrons. The number of hydrogen-bond acceptors (Lipinski definition) is 2. The second-order valence-corrected chi connectivity index (χ2v) is 3.96. The summed E-state index contributed by atoms with van der Waals surface area (Å²) >= 11 is 3.32. The minimum atomic E-state index is -2.27. The standard InChI is InChI=1S/C7H14BrF2NO/c1-11(4-7(9)10)3-6(8)5-12-2/h6-7H,3-5H2,1-2H3. The minimum Gasteiger partial charge on any atom is -0.383 e. The maximum absolute atomic E-state index is 11.8. The summed E-state index contributed by atoms with van der Waals surface area (Å²) in [4.78, 5) is 1.69. The second-order valence-electron chi connectivity index (χ2n) is 2.66. The Kier molecular flexibility index (Phi) is 6.89. The largest absolute Gasteiger partial charge is 0.383 e. The molecule has 5 heteroatoms. The summed E-state index contributed by atoms with van der Waals surface area (Å²) in [5, 5.41) is 0. The molecule has 2 nitrogen and oxygen atoms in total. The molecular weight excluding hydrogens is 232 g/mol. The van der Waals surface area contributed by atoms with E-state index in [1.54, 1.807) is 19.1 Å². The van der Waals surface area contributed by atoms with Crippen molar-refractivity contribution in [2.75, 3.05) is 33.9 Å². The summed E-state index contributed by atoms with van der Waals surface area (Å²) in [5.74, 6) is 0. The van der Waals surface area contributed by atoms with Crippen molar-refractivity contribution < 1.29 is 13.5 Å². The van der Waals surface area contributed by atoms with Gasteiger partial charge in [0.25, 0.3) is 6.43 Å². The van der Waals surface area contributed by atoms with E-state index in [2.05, 4.69) is 15.9 Å². The van der Waals surface area contributed by atoms with Crippen molar-refractivity contribution >= 4 is 15.9 Å². The number of ether oxygens (including phenoxy) is 1. The Hall–Kier alpha value is 0.260. The van der Waals surface area contributed by atoms with Crippen molar-refractivity contribution in [1.82, 2.24) is 4.90 Å². The van der Waals surface area contributed by atoms with Crippen LogP contribution in [0.15, 0.2) is 0 Å². The van der Waals surface area contributed by atoms with E-state index in [1.165, 1.54) is 0 Å². The SMILES string of the molecule is COCC(Br)CN(C)CC(F)F. The molecule has 0 N–H and O–H groups in total. The van der Waals surface area contributed by atoms with Gasteiger partial charge in [0.05, 0.1) is 18.0 Å². The van der Waals surface area contributed by atoms with Crippen molar-refractivity contribution in [3.8, 4) is 0 Å². The van der Waals surface area contributed by atoms with Gasteiger partial charge in [0, 0.05) is 13.7 Å². The van der Waals surface area contributed by atoms with Crippen LogP contribution in [0.4, 0.5) is 8.78 Å². The minimum absolute atomic E-state index is 0.117. The van der Waals surface area contributed by atoms with Gasteiger partial charge in [-0.3, -0.25) is 4.90 Å². The van der Waals surface area contributed by atoms with Gasteiger partial charge in [0.15, 0.2) is 0 Å². The molecule has 0 aromatic carbocycles.